The van der Waals surface area contributed by atoms with Crippen molar-refractivity contribution in [1.29, 1.82) is 0 Å². The van der Waals surface area contributed by atoms with E-state index in [0.717, 1.165) is 25.7 Å². The van der Waals surface area contributed by atoms with E-state index in [9.17, 15) is 13.2 Å². The fraction of sp³-hybridized carbons (Fsp3) is 0.923. The minimum absolute atomic E-state index is 0.110. The monoisotopic (exact) mass is 258 g/mol. The van der Waals surface area contributed by atoms with Crippen LogP contribution in [-0.2, 0) is 14.6 Å². The molecule has 1 saturated heterocycles. The molecule has 2 fully saturated rings. The van der Waals surface area contributed by atoms with Gasteiger partial charge < -0.3 is 0 Å². The van der Waals surface area contributed by atoms with Crippen molar-refractivity contribution in [2.45, 2.75) is 45.4 Å². The van der Waals surface area contributed by atoms with E-state index in [4.69, 9.17) is 0 Å². The van der Waals surface area contributed by atoms with E-state index in [-0.39, 0.29) is 29.1 Å². The number of rotatable bonds is 3. The van der Waals surface area contributed by atoms with E-state index < -0.39 is 9.84 Å². The zero-order chi connectivity index (χ0) is 12.5. The Morgan fingerprint density at radius 2 is 1.88 bits per heavy atom. The Morgan fingerprint density at radius 1 is 1.18 bits per heavy atom. The standard InChI is InChI=1S/C13H22O3S/c1-2-10-5-3-4-6-12(10)13(14)11-7-8-17(15,16)9-11/h10-12H,2-9H2,1H3. The summed E-state index contributed by atoms with van der Waals surface area (Å²) in [5, 5.41) is 0. The summed E-state index contributed by atoms with van der Waals surface area (Å²) in [6.07, 6.45) is 6.10. The van der Waals surface area contributed by atoms with Crippen LogP contribution in [0, 0.1) is 17.8 Å². The molecule has 17 heavy (non-hydrogen) atoms. The Morgan fingerprint density at radius 3 is 2.47 bits per heavy atom. The quantitative estimate of drug-likeness (QED) is 0.780. The largest absolute Gasteiger partial charge is 0.299 e. The molecule has 4 heteroatoms. The van der Waals surface area contributed by atoms with Crippen molar-refractivity contribution in [1.82, 2.24) is 0 Å². The SMILES string of the molecule is CCC1CCCCC1C(=O)C1CCS(=O)(=O)C1. The molecule has 2 rings (SSSR count). The van der Waals surface area contributed by atoms with Gasteiger partial charge in [-0.1, -0.05) is 26.2 Å². The Labute approximate surface area is 104 Å². The molecular weight excluding hydrogens is 236 g/mol. The lowest BCUT2D eigenvalue weighted by molar-refractivity contribution is -0.129. The number of ketones is 1. The second kappa shape index (κ2) is 5.09. The predicted molar refractivity (Wildman–Crippen MR) is 67.5 cm³/mol. The maximum Gasteiger partial charge on any atom is 0.151 e. The molecule has 0 aromatic carbocycles. The molecule has 0 N–H and O–H groups in total. The summed E-state index contributed by atoms with van der Waals surface area (Å²) in [4.78, 5) is 12.4. The van der Waals surface area contributed by atoms with Crippen LogP contribution in [-0.4, -0.2) is 25.7 Å². The molecule has 0 aromatic heterocycles. The van der Waals surface area contributed by atoms with Gasteiger partial charge in [0.1, 0.15) is 5.78 Å². The smallest absolute Gasteiger partial charge is 0.151 e. The highest BCUT2D eigenvalue weighted by atomic mass is 32.2. The third kappa shape index (κ3) is 2.90. The number of carbonyl (C=O) groups is 1. The Kier molecular flexibility index (Phi) is 3.91. The van der Waals surface area contributed by atoms with Gasteiger partial charge in [0, 0.05) is 11.8 Å². The number of sulfone groups is 1. The lowest BCUT2D eigenvalue weighted by atomic mass is 9.73. The van der Waals surface area contributed by atoms with Crippen molar-refractivity contribution in [3.8, 4) is 0 Å². The third-order valence-corrected chi connectivity index (χ3v) is 6.20. The van der Waals surface area contributed by atoms with E-state index in [1.165, 1.54) is 6.42 Å². The molecule has 2 aliphatic rings. The molecule has 98 valence electrons. The van der Waals surface area contributed by atoms with E-state index in [1.807, 2.05) is 0 Å². The molecule has 0 bridgehead atoms. The Balaban J connectivity index is 2.04. The van der Waals surface area contributed by atoms with Gasteiger partial charge in [0.25, 0.3) is 0 Å². The van der Waals surface area contributed by atoms with Crippen molar-refractivity contribution in [2.75, 3.05) is 11.5 Å². The summed E-state index contributed by atoms with van der Waals surface area (Å²) in [5.74, 6) is 1.02. The molecule has 3 nitrogen and oxygen atoms in total. The van der Waals surface area contributed by atoms with Crippen molar-refractivity contribution in [2.24, 2.45) is 17.8 Å². The van der Waals surface area contributed by atoms with Crippen molar-refractivity contribution < 1.29 is 13.2 Å². The minimum atomic E-state index is -2.92. The maximum atomic E-state index is 12.4. The average molecular weight is 258 g/mol. The van der Waals surface area contributed by atoms with Crippen LogP contribution >= 0.6 is 0 Å². The van der Waals surface area contributed by atoms with Crippen LogP contribution in [0.5, 0.6) is 0 Å². The summed E-state index contributed by atoms with van der Waals surface area (Å²) < 4.78 is 22.9. The van der Waals surface area contributed by atoms with Gasteiger partial charge in [-0.15, -0.1) is 0 Å². The fourth-order valence-electron chi connectivity index (χ4n) is 3.39. The van der Waals surface area contributed by atoms with Crippen molar-refractivity contribution >= 4 is 15.6 Å². The zero-order valence-electron chi connectivity index (χ0n) is 10.5. The summed E-state index contributed by atoms with van der Waals surface area (Å²) in [6.45, 7) is 2.14. The maximum absolute atomic E-state index is 12.4. The first-order valence-electron chi connectivity index (χ1n) is 6.77. The molecule has 0 aromatic rings. The number of Topliss-reactive ketones (excluding diaryl/α,β-unsaturated/α-hetero) is 1. The molecule has 1 aliphatic heterocycles. The predicted octanol–water partition coefficient (Wildman–Crippen LogP) is 2.21. The highest BCUT2D eigenvalue weighted by molar-refractivity contribution is 7.91. The Hall–Kier alpha value is -0.380. The topological polar surface area (TPSA) is 51.2 Å². The molecule has 3 unspecified atom stereocenters. The molecule has 1 heterocycles. The van der Waals surface area contributed by atoms with Crippen LogP contribution in [0.15, 0.2) is 0 Å². The first kappa shape index (κ1) is 13.1. The second-order valence-corrected chi connectivity index (χ2v) is 7.79. The summed E-state index contributed by atoms with van der Waals surface area (Å²) in [5.41, 5.74) is 0. The fourth-order valence-corrected chi connectivity index (χ4v) is 5.15. The van der Waals surface area contributed by atoms with E-state index in [1.54, 1.807) is 0 Å². The molecule has 0 radical (unpaired) electrons. The van der Waals surface area contributed by atoms with Gasteiger partial charge in [0.2, 0.25) is 0 Å². The molecule has 0 spiro atoms. The van der Waals surface area contributed by atoms with Gasteiger partial charge in [0.15, 0.2) is 9.84 Å². The average Bonchev–Trinajstić information content (AvgIpc) is 2.68. The van der Waals surface area contributed by atoms with Gasteiger partial charge >= 0.3 is 0 Å². The van der Waals surface area contributed by atoms with Crippen LogP contribution in [0.25, 0.3) is 0 Å². The summed E-state index contributed by atoms with van der Waals surface area (Å²) >= 11 is 0. The van der Waals surface area contributed by atoms with Gasteiger partial charge in [-0.3, -0.25) is 4.79 Å². The minimum Gasteiger partial charge on any atom is -0.299 e. The molecule has 0 amide bonds. The van der Waals surface area contributed by atoms with E-state index in [0.29, 0.717) is 12.3 Å². The highest BCUT2D eigenvalue weighted by Crippen LogP contribution is 2.36. The number of hydrogen-bond acceptors (Lipinski definition) is 3. The molecule has 1 aliphatic carbocycles. The van der Waals surface area contributed by atoms with Gasteiger partial charge in [-0.25, -0.2) is 8.42 Å². The van der Waals surface area contributed by atoms with Crippen LogP contribution in [0.3, 0.4) is 0 Å². The second-order valence-electron chi connectivity index (χ2n) is 5.56. The Bertz CT molecular complexity index is 385. The summed E-state index contributed by atoms with van der Waals surface area (Å²) in [7, 11) is -2.92. The third-order valence-electron chi connectivity index (χ3n) is 4.43. The van der Waals surface area contributed by atoms with Gasteiger partial charge in [-0.2, -0.15) is 0 Å². The van der Waals surface area contributed by atoms with Crippen LogP contribution in [0.1, 0.15) is 45.4 Å². The molecule has 3 atom stereocenters. The van der Waals surface area contributed by atoms with E-state index >= 15 is 0 Å². The van der Waals surface area contributed by atoms with Crippen LogP contribution < -0.4 is 0 Å². The number of carbonyl (C=O) groups excluding carboxylic acids is 1. The molecular formula is C13H22O3S. The van der Waals surface area contributed by atoms with Crippen LogP contribution in [0.4, 0.5) is 0 Å². The normalized spacial score (nSPS) is 36.9. The first-order chi connectivity index (χ1) is 8.03. The van der Waals surface area contributed by atoms with Crippen molar-refractivity contribution in [3.05, 3.63) is 0 Å². The zero-order valence-corrected chi connectivity index (χ0v) is 11.3. The highest BCUT2D eigenvalue weighted by Gasteiger charge is 2.39. The van der Waals surface area contributed by atoms with E-state index in [2.05, 4.69) is 6.92 Å². The van der Waals surface area contributed by atoms with Crippen molar-refractivity contribution in [3.63, 3.8) is 0 Å². The summed E-state index contributed by atoms with van der Waals surface area (Å²) in [6, 6.07) is 0. The lowest BCUT2D eigenvalue weighted by Crippen LogP contribution is -2.32. The lowest BCUT2D eigenvalue weighted by Gasteiger charge is -2.31. The number of hydrogen-bond donors (Lipinski definition) is 0. The van der Waals surface area contributed by atoms with Gasteiger partial charge in [-0.05, 0) is 25.2 Å². The first-order valence-corrected chi connectivity index (χ1v) is 8.60. The van der Waals surface area contributed by atoms with Crippen LogP contribution in [0.2, 0.25) is 0 Å². The molecule has 1 saturated carbocycles. The van der Waals surface area contributed by atoms with Gasteiger partial charge in [0.05, 0.1) is 11.5 Å².